The van der Waals surface area contributed by atoms with E-state index in [-0.39, 0.29) is 26.1 Å². The van der Waals surface area contributed by atoms with E-state index >= 15 is 0 Å². The van der Waals surface area contributed by atoms with E-state index in [1.165, 1.54) is 0 Å². The first-order valence-electron chi connectivity index (χ1n) is 17.6. The largest absolute Gasteiger partial charge is 0.497 e. The second-order valence-corrected chi connectivity index (χ2v) is 12.6. The normalized spacial score (nSPS) is 11.1. The topological polar surface area (TPSA) is 101 Å². The number of methoxy groups -OCH3 is 2. The second-order valence-electron chi connectivity index (χ2n) is 12.6. The standard InChI is InChI=1S/C46H42O8/c1-50-41-23-17-39(18-24-41)46(38-13-4-3-5-14-38,40-19-25-42(51-2)26-20-40)54-30-33-9-8-12-35(29-33)34-15-21-43(22-16-34)52-31-36-10-6-7-11-37(36)32-53-45(49)28-27-44(47)48/h3-26,29H,27-28,30-32H2,1-2H3,(H,47,48). The van der Waals surface area contributed by atoms with Crippen LogP contribution in [-0.4, -0.2) is 31.3 Å². The number of aliphatic carboxylic acids is 1. The molecule has 6 rings (SSSR count). The van der Waals surface area contributed by atoms with Gasteiger partial charge in [0.1, 0.15) is 36.1 Å². The van der Waals surface area contributed by atoms with Crippen molar-refractivity contribution < 1.29 is 38.4 Å². The molecule has 0 aliphatic rings. The van der Waals surface area contributed by atoms with Crippen molar-refractivity contribution >= 4 is 11.9 Å². The molecule has 54 heavy (non-hydrogen) atoms. The van der Waals surface area contributed by atoms with Gasteiger partial charge >= 0.3 is 11.9 Å². The van der Waals surface area contributed by atoms with Crippen LogP contribution in [-0.2, 0) is 44.5 Å². The molecule has 0 unspecified atom stereocenters. The highest BCUT2D eigenvalue weighted by molar-refractivity contribution is 5.76. The molecular formula is C46H42O8. The molecule has 8 heteroatoms. The summed E-state index contributed by atoms with van der Waals surface area (Å²) in [4.78, 5) is 22.7. The van der Waals surface area contributed by atoms with Crippen molar-refractivity contribution in [2.24, 2.45) is 0 Å². The maximum atomic E-state index is 11.9. The van der Waals surface area contributed by atoms with E-state index in [0.717, 1.165) is 56.0 Å². The van der Waals surface area contributed by atoms with Crippen molar-refractivity contribution in [2.45, 2.75) is 38.3 Å². The Labute approximate surface area is 315 Å². The van der Waals surface area contributed by atoms with E-state index in [2.05, 4.69) is 54.6 Å². The van der Waals surface area contributed by atoms with Gasteiger partial charge in [0.15, 0.2) is 0 Å². The fourth-order valence-electron chi connectivity index (χ4n) is 6.29. The van der Waals surface area contributed by atoms with Crippen LogP contribution in [0.1, 0.15) is 46.2 Å². The second kappa shape index (κ2) is 17.9. The van der Waals surface area contributed by atoms with Gasteiger partial charge in [-0.05, 0) is 87.0 Å². The SMILES string of the molecule is COc1ccc(C(OCc2cccc(-c3ccc(OCc4ccccc4COC(=O)CCC(=O)O)cc3)c2)(c2ccccc2)c2ccc(OC)cc2)cc1. The van der Waals surface area contributed by atoms with E-state index in [1.54, 1.807) is 14.2 Å². The molecule has 274 valence electrons. The van der Waals surface area contributed by atoms with Crippen molar-refractivity contribution in [1.82, 2.24) is 0 Å². The summed E-state index contributed by atoms with van der Waals surface area (Å²) in [7, 11) is 3.32. The molecule has 8 nitrogen and oxygen atoms in total. The minimum atomic E-state index is -1.04. The van der Waals surface area contributed by atoms with Crippen molar-refractivity contribution in [3.8, 4) is 28.4 Å². The molecular weight excluding hydrogens is 680 g/mol. The van der Waals surface area contributed by atoms with Gasteiger partial charge in [0, 0.05) is 0 Å². The Balaban J connectivity index is 1.19. The van der Waals surface area contributed by atoms with Gasteiger partial charge in [-0.3, -0.25) is 9.59 Å². The van der Waals surface area contributed by atoms with E-state index in [9.17, 15) is 9.59 Å². The van der Waals surface area contributed by atoms with Crippen LogP contribution < -0.4 is 14.2 Å². The first kappa shape index (κ1) is 37.4. The van der Waals surface area contributed by atoms with Crippen LogP contribution in [0.25, 0.3) is 11.1 Å². The van der Waals surface area contributed by atoms with Crippen LogP contribution in [0.15, 0.2) is 152 Å². The van der Waals surface area contributed by atoms with Crippen LogP contribution in [0.3, 0.4) is 0 Å². The average Bonchev–Trinajstić information content (AvgIpc) is 3.23. The molecule has 0 atom stereocenters. The van der Waals surface area contributed by atoms with E-state index < -0.39 is 17.5 Å². The Hall–Kier alpha value is -6.38. The molecule has 0 bridgehead atoms. The zero-order valence-electron chi connectivity index (χ0n) is 30.3. The Morgan fingerprint density at radius 1 is 0.537 bits per heavy atom. The third-order valence-electron chi connectivity index (χ3n) is 9.19. The lowest BCUT2D eigenvalue weighted by molar-refractivity contribution is -0.148. The summed E-state index contributed by atoms with van der Waals surface area (Å²) in [5.74, 6) is 0.629. The summed E-state index contributed by atoms with van der Waals surface area (Å²) in [5.41, 5.74) is 6.73. The zero-order valence-corrected chi connectivity index (χ0v) is 30.3. The van der Waals surface area contributed by atoms with Gasteiger partial charge in [-0.2, -0.15) is 0 Å². The highest BCUT2D eigenvalue weighted by Crippen LogP contribution is 2.42. The number of hydrogen-bond donors (Lipinski definition) is 1. The van der Waals surface area contributed by atoms with E-state index in [4.69, 9.17) is 28.8 Å². The van der Waals surface area contributed by atoms with Gasteiger partial charge < -0.3 is 28.8 Å². The van der Waals surface area contributed by atoms with Crippen LogP contribution in [0.5, 0.6) is 17.2 Å². The Morgan fingerprint density at radius 2 is 1.09 bits per heavy atom. The molecule has 1 N–H and O–H groups in total. The Kier molecular flexibility index (Phi) is 12.4. The fraction of sp³-hybridized carbons (Fsp3) is 0.174. The number of rotatable bonds is 17. The number of carboxylic acids is 1. The molecule has 6 aromatic rings. The third-order valence-corrected chi connectivity index (χ3v) is 9.19. The average molecular weight is 723 g/mol. The zero-order chi connectivity index (χ0) is 37.8. The first-order chi connectivity index (χ1) is 26.4. The molecule has 0 aliphatic heterocycles. The maximum Gasteiger partial charge on any atom is 0.306 e. The van der Waals surface area contributed by atoms with Gasteiger partial charge in [-0.25, -0.2) is 0 Å². The molecule has 0 aliphatic carbocycles. The molecule has 0 aromatic heterocycles. The van der Waals surface area contributed by atoms with Crippen LogP contribution in [0, 0.1) is 0 Å². The minimum Gasteiger partial charge on any atom is -0.497 e. The van der Waals surface area contributed by atoms with Gasteiger partial charge in [-0.1, -0.05) is 109 Å². The summed E-state index contributed by atoms with van der Waals surface area (Å²) in [6.07, 6.45) is -0.431. The molecule has 0 saturated heterocycles. The summed E-state index contributed by atoms with van der Waals surface area (Å²) < 4.78 is 29.5. The number of carbonyl (C=O) groups excluding carboxylic acids is 1. The fourth-order valence-corrected chi connectivity index (χ4v) is 6.29. The minimum absolute atomic E-state index is 0.0453. The molecule has 0 radical (unpaired) electrons. The lowest BCUT2D eigenvalue weighted by atomic mass is 9.80. The number of carboxylic acid groups (broad SMARTS) is 1. The lowest BCUT2D eigenvalue weighted by Gasteiger charge is -2.36. The van der Waals surface area contributed by atoms with Crippen molar-refractivity contribution in [3.63, 3.8) is 0 Å². The van der Waals surface area contributed by atoms with E-state index in [0.29, 0.717) is 12.4 Å². The highest BCUT2D eigenvalue weighted by atomic mass is 16.5. The highest BCUT2D eigenvalue weighted by Gasteiger charge is 2.38. The Morgan fingerprint density at radius 3 is 1.69 bits per heavy atom. The predicted molar refractivity (Wildman–Crippen MR) is 206 cm³/mol. The summed E-state index contributed by atoms with van der Waals surface area (Å²) in [5, 5.41) is 8.81. The number of ether oxygens (including phenoxy) is 5. The van der Waals surface area contributed by atoms with Crippen LogP contribution >= 0.6 is 0 Å². The van der Waals surface area contributed by atoms with Gasteiger partial charge in [0.25, 0.3) is 0 Å². The summed E-state index contributed by atoms with van der Waals surface area (Å²) in [6, 6.07) is 50.0. The number of esters is 1. The molecule has 0 heterocycles. The van der Waals surface area contributed by atoms with Crippen LogP contribution in [0.2, 0.25) is 0 Å². The van der Waals surface area contributed by atoms with Crippen molar-refractivity contribution in [1.29, 1.82) is 0 Å². The van der Waals surface area contributed by atoms with Crippen molar-refractivity contribution in [2.75, 3.05) is 14.2 Å². The lowest BCUT2D eigenvalue weighted by Crippen LogP contribution is -2.32. The number of hydrogen-bond acceptors (Lipinski definition) is 7. The van der Waals surface area contributed by atoms with Crippen LogP contribution in [0.4, 0.5) is 0 Å². The monoisotopic (exact) mass is 722 g/mol. The molecule has 0 spiro atoms. The third kappa shape index (κ3) is 9.15. The predicted octanol–water partition coefficient (Wildman–Crippen LogP) is 9.37. The maximum absolute atomic E-state index is 11.9. The summed E-state index contributed by atoms with van der Waals surface area (Å²) in [6.45, 7) is 0.653. The summed E-state index contributed by atoms with van der Waals surface area (Å²) >= 11 is 0. The van der Waals surface area contributed by atoms with E-state index in [1.807, 2.05) is 97.1 Å². The molecule has 0 amide bonds. The molecule has 0 fully saturated rings. The van der Waals surface area contributed by atoms with Crippen molar-refractivity contribution in [3.05, 3.63) is 185 Å². The molecule has 0 saturated carbocycles. The quantitative estimate of drug-likeness (QED) is 0.0735. The number of benzene rings is 6. The smallest absolute Gasteiger partial charge is 0.306 e. The molecule has 6 aromatic carbocycles. The number of carbonyl (C=O) groups is 2. The first-order valence-corrected chi connectivity index (χ1v) is 17.6. The van der Waals surface area contributed by atoms with Gasteiger partial charge in [0.05, 0.1) is 33.7 Å². The van der Waals surface area contributed by atoms with Gasteiger partial charge in [0.2, 0.25) is 0 Å². The van der Waals surface area contributed by atoms with Gasteiger partial charge in [-0.15, -0.1) is 0 Å². The Bertz CT molecular complexity index is 2080.